The molecule has 2 rings (SSSR count). The normalized spacial score (nSPS) is 14.1. The van der Waals surface area contributed by atoms with Crippen LogP contribution in [0, 0.1) is 6.92 Å². The summed E-state index contributed by atoms with van der Waals surface area (Å²) in [4.78, 5) is 11.3. The van der Waals surface area contributed by atoms with Crippen LogP contribution in [0.4, 0.5) is 0 Å². The van der Waals surface area contributed by atoms with Gasteiger partial charge in [0.25, 0.3) is 0 Å². The van der Waals surface area contributed by atoms with E-state index in [0.717, 1.165) is 12.0 Å². The molecule has 0 spiro atoms. The lowest BCUT2D eigenvalue weighted by Gasteiger charge is -2.08. The topological polar surface area (TPSA) is 17.1 Å². The molecule has 0 N–H and O–H groups in total. The number of ketones is 1. The standard InChI is InChI=1S/C14H14O/c1-10-7-8-13(11(2)15)9-14(10)12-5-3-4-6-12/h3-5,7-9H,6H2,1-2H3. The van der Waals surface area contributed by atoms with Gasteiger partial charge in [-0.05, 0) is 43.0 Å². The van der Waals surface area contributed by atoms with Crippen molar-refractivity contribution in [3.05, 3.63) is 53.1 Å². The minimum atomic E-state index is 0.128. The second kappa shape index (κ2) is 3.85. The quantitative estimate of drug-likeness (QED) is 0.664. The summed E-state index contributed by atoms with van der Waals surface area (Å²) >= 11 is 0. The van der Waals surface area contributed by atoms with Crippen LogP contribution in [0.3, 0.4) is 0 Å². The molecule has 15 heavy (non-hydrogen) atoms. The Morgan fingerprint density at radius 1 is 1.33 bits per heavy atom. The van der Waals surface area contributed by atoms with Crippen molar-refractivity contribution >= 4 is 11.4 Å². The minimum Gasteiger partial charge on any atom is -0.295 e. The van der Waals surface area contributed by atoms with E-state index in [1.807, 2.05) is 18.2 Å². The van der Waals surface area contributed by atoms with Crippen molar-refractivity contribution in [2.45, 2.75) is 20.3 Å². The van der Waals surface area contributed by atoms with Gasteiger partial charge < -0.3 is 0 Å². The maximum absolute atomic E-state index is 11.3. The SMILES string of the molecule is CC(=O)c1ccc(C)c(C2=CC=CC2)c1. The van der Waals surface area contributed by atoms with E-state index in [1.54, 1.807) is 6.92 Å². The molecule has 0 bridgehead atoms. The number of allylic oxidation sites excluding steroid dienone is 4. The Balaban J connectivity index is 2.46. The van der Waals surface area contributed by atoms with Gasteiger partial charge in [0.15, 0.2) is 5.78 Å². The lowest BCUT2D eigenvalue weighted by atomic mass is 9.96. The van der Waals surface area contributed by atoms with Crippen molar-refractivity contribution in [1.29, 1.82) is 0 Å². The summed E-state index contributed by atoms with van der Waals surface area (Å²) in [6, 6.07) is 5.91. The van der Waals surface area contributed by atoms with Crippen molar-refractivity contribution in [2.24, 2.45) is 0 Å². The molecule has 0 saturated heterocycles. The first kappa shape index (κ1) is 9.91. The second-order valence-electron chi connectivity index (χ2n) is 3.91. The largest absolute Gasteiger partial charge is 0.295 e. The highest BCUT2D eigenvalue weighted by Crippen LogP contribution is 2.26. The Kier molecular flexibility index (Phi) is 2.55. The molecule has 0 amide bonds. The summed E-state index contributed by atoms with van der Waals surface area (Å²) < 4.78 is 0. The van der Waals surface area contributed by atoms with Gasteiger partial charge in [0.2, 0.25) is 0 Å². The van der Waals surface area contributed by atoms with Crippen molar-refractivity contribution < 1.29 is 4.79 Å². The zero-order chi connectivity index (χ0) is 10.8. The van der Waals surface area contributed by atoms with E-state index < -0.39 is 0 Å². The molecule has 1 nitrogen and oxygen atoms in total. The van der Waals surface area contributed by atoms with E-state index in [0.29, 0.717) is 0 Å². The van der Waals surface area contributed by atoms with Crippen molar-refractivity contribution in [2.75, 3.05) is 0 Å². The fraction of sp³-hybridized carbons (Fsp3) is 0.214. The molecule has 0 radical (unpaired) electrons. The first-order valence-electron chi connectivity index (χ1n) is 5.16. The van der Waals surface area contributed by atoms with Gasteiger partial charge in [-0.2, -0.15) is 0 Å². The number of hydrogen-bond donors (Lipinski definition) is 0. The third-order valence-corrected chi connectivity index (χ3v) is 2.76. The van der Waals surface area contributed by atoms with Crippen molar-refractivity contribution in [3.8, 4) is 0 Å². The summed E-state index contributed by atoms with van der Waals surface area (Å²) in [7, 11) is 0. The van der Waals surface area contributed by atoms with E-state index in [4.69, 9.17) is 0 Å². The third kappa shape index (κ3) is 1.91. The molecule has 1 aromatic rings. The zero-order valence-corrected chi connectivity index (χ0v) is 9.08. The Morgan fingerprint density at radius 2 is 2.13 bits per heavy atom. The summed E-state index contributed by atoms with van der Waals surface area (Å²) in [6.45, 7) is 3.69. The fourth-order valence-electron chi connectivity index (χ4n) is 1.83. The van der Waals surface area contributed by atoms with Gasteiger partial charge in [0, 0.05) is 5.56 Å². The Hall–Kier alpha value is -1.63. The zero-order valence-electron chi connectivity index (χ0n) is 9.08. The number of carbonyl (C=O) groups is 1. The maximum atomic E-state index is 11.3. The minimum absolute atomic E-state index is 0.128. The van der Waals surface area contributed by atoms with Crippen LogP contribution in [-0.4, -0.2) is 5.78 Å². The smallest absolute Gasteiger partial charge is 0.159 e. The molecule has 0 fully saturated rings. The van der Waals surface area contributed by atoms with Crippen LogP contribution >= 0.6 is 0 Å². The first-order valence-corrected chi connectivity index (χ1v) is 5.16. The highest BCUT2D eigenvalue weighted by atomic mass is 16.1. The average molecular weight is 198 g/mol. The Labute approximate surface area is 90.1 Å². The van der Waals surface area contributed by atoms with E-state index in [2.05, 4.69) is 25.2 Å². The number of rotatable bonds is 2. The molecule has 0 atom stereocenters. The molecule has 1 aliphatic rings. The van der Waals surface area contributed by atoms with E-state index >= 15 is 0 Å². The van der Waals surface area contributed by atoms with Crippen LogP contribution in [0.2, 0.25) is 0 Å². The molecule has 0 heterocycles. The Morgan fingerprint density at radius 3 is 2.73 bits per heavy atom. The first-order chi connectivity index (χ1) is 7.18. The van der Waals surface area contributed by atoms with Gasteiger partial charge >= 0.3 is 0 Å². The number of Topliss-reactive ketones (excluding diaryl/α,β-unsaturated/α-hetero) is 1. The molecule has 76 valence electrons. The highest BCUT2D eigenvalue weighted by Gasteiger charge is 2.08. The van der Waals surface area contributed by atoms with E-state index in [-0.39, 0.29) is 5.78 Å². The van der Waals surface area contributed by atoms with Gasteiger partial charge in [0.1, 0.15) is 0 Å². The van der Waals surface area contributed by atoms with Crippen LogP contribution in [0.15, 0.2) is 36.4 Å². The predicted octanol–water partition coefficient (Wildman–Crippen LogP) is 3.54. The van der Waals surface area contributed by atoms with Gasteiger partial charge in [-0.3, -0.25) is 4.79 Å². The van der Waals surface area contributed by atoms with Crippen molar-refractivity contribution in [3.63, 3.8) is 0 Å². The second-order valence-corrected chi connectivity index (χ2v) is 3.91. The summed E-state index contributed by atoms with van der Waals surface area (Å²) in [5, 5.41) is 0. The van der Waals surface area contributed by atoms with Gasteiger partial charge in [-0.25, -0.2) is 0 Å². The van der Waals surface area contributed by atoms with Crippen LogP contribution in [0.1, 0.15) is 34.8 Å². The van der Waals surface area contributed by atoms with E-state index in [9.17, 15) is 4.79 Å². The summed E-state index contributed by atoms with van der Waals surface area (Å²) in [5.41, 5.74) is 4.53. The summed E-state index contributed by atoms with van der Waals surface area (Å²) in [6.07, 6.45) is 7.29. The molecular formula is C14H14O. The molecule has 0 aromatic heterocycles. The van der Waals surface area contributed by atoms with Gasteiger partial charge in [-0.15, -0.1) is 0 Å². The molecule has 1 aliphatic carbocycles. The number of aryl methyl sites for hydroxylation is 1. The lowest BCUT2D eigenvalue weighted by molar-refractivity contribution is 0.101. The molecule has 0 saturated carbocycles. The molecular weight excluding hydrogens is 184 g/mol. The fourth-order valence-corrected chi connectivity index (χ4v) is 1.83. The number of benzene rings is 1. The maximum Gasteiger partial charge on any atom is 0.159 e. The van der Waals surface area contributed by atoms with Crippen LogP contribution < -0.4 is 0 Å². The van der Waals surface area contributed by atoms with Crippen LogP contribution in [-0.2, 0) is 0 Å². The predicted molar refractivity (Wildman–Crippen MR) is 62.9 cm³/mol. The molecule has 0 aliphatic heterocycles. The average Bonchev–Trinajstić information content (AvgIpc) is 2.71. The molecule has 0 unspecified atom stereocenters. The lowest BCUT2D eigenvalue weighted by Crippen LogP contribution is -1.95. The van der Waals surface area contributed by atoms with Crippen LogP contribution in [0.5, 0.6) is 0 Å². The summed E-state index contributed by atoms with van der Waals surface area (Å²) in [5.74, 6) is 0.128. The third-order valence-electron chi connectivity index (χ3n) is 2.76. The number of carbonyl (C=O) groups excluding carboxylic acids is 1. The Bertz CT molecular complexity index is 464. The van der Waals surface area contributed by atoms with Crippen LogP contribution in [0.25, 0.3) is 5.57 Å². The van der Waals surface area contributed by atoms with E-state index in [1.165, 1.54) is 16.7 Å². The highest BCUT2D eigenvalue weighted by molar-refractivity contribution is 5.95. The van der Waals surface area contributed by atoms with Gasteiger partial charge in [-0.1, -0.05) is 30.4 Å². The monoisotopic (exact) mass is 198 g/mol. The number of hydrogen-bond acceptors (Lipinski definition) is 1. The van der Waals surface area contributed by atoms with Crippen molar-refractivity contribution in [1.82, 2.24) is 0 Å². The van der Waals surface area contributed by atoms with Gasteiger partial charge in [0.05, 0.1) is 0 Å². The molecule has 1 heteroatoms. The molecule has 1 aromatic carbocycles.